The molecule has 0 spiro atoms. The first-order chi connectivity index (χ1) is 9.17. The van der Waals surface area contributed by atoms with E-state index in [1.165, 1.54) is 25.8 Å². The summed E-state index contributed by atoms with van der Waals surface area (Å²) in [7, 11) is 0. The average Bonchev–Trinajstić information content (AvgIpc) is 2.31. The Labute approximate surface area is 116 Å². The second-order valence-electron chi connectivity index (χ2n) is 6.22. The van der Waals surface area contributed by atoms with Crippen molar-refractivity contribution >= 4 is 5.97 Å². The Morgan fingerprint density at radius 3 is 2.74 bits per heavy atom. The third kappa shape index (κ3) is 4.77. The lowest BCUT2D eigenvalue weighted by atomic mass is 9.83. The fourth-order valence-electron chi connectivity index (χ4n) is 3.30. The Morgan fingerprint density at radius 1 is 1.32 bits per heavy atom. The molecule has 2 rings (SSSR count). The fraction of sp³-hybridized carbons (Fsp3) is 0.933. The molecular formula is C15H28N2O2. The molecular weight excluding hydrogens is 240 g/mol. The summed E-state index contributed by atoms with van der Waals surface area (Å²) in [6, 6.07) is 0.279. The highest BCUT2D eigenvalue weighted by Crippen LogP contribution is 2.29. The molecule has 4 nitrogen and oxygen atoms in total. The van der Waals surface area contributed by atoms with E-state index in [4.69, 9.17) is 10.5 Å². The van der Waals surface area contributed by atoms with Crippen LogP contribution in [-0.2, 0) is 9.53 Å². The van der Waals surface area contributed by atoms with Crippen molar-refractivity contribution in [1.82, 2.24) is 4.90 Å². The number of hydrogen-bond acceptors (Lipinski definition) is 4. The molecule has 2 aliphatic rings. The highest BCUT2D eigenvalue weighted by Gasteiger charge is 2.28. The maximum atomic E-state index is 11.4. The Balaban J connectivity index is 1.71. The molecule has 2 N–H and O–H groups in total. The predicted molar refractivity (Wildman–Crippen MR) is 75.7 cm³/mol. The normalized spacial score (nSPS) is 28.9. The van der Waals surface area contributed by atoms with Gasteiger partial charge in [0, 0.05) is 32.1 Å². The Hall–Kier alpha value is -0.610. The summed E-state index contributed by atoms with van der Waals surface area (Å²) in [4.78, 5) is 13.9. The number of likely N-dealkylation sites (tertiary alicyclic amines) is 1. The molecule has 1 saturated heterocycles. The molecule has 2 atom stereocenters. The third-order valence-corrected chi connectivity index (χ3v) is 4.45. The highest BCUT2D eigenvalue weighted by molar-refractivity contribution is 5.69. The van der Waals surface area contributed by atoms with E-state index in [0.29, 0.717) is 18.9 Å². The molecule has 110 valence electrons. The molecule has 2 fully saturated rings. The van der Waals surface area contributed by atoms with Crippen LogP contribution in [-0.4, -0.2) is 43.2 Å². The van der Waals surface area contributed by atoms with Crippen LogP contribution in [0.25, 0.3) is 0 Å². The molecule has 1 saturated carbocycles. The molecule has 19 heavy (non-hydrogen) atoms. The standard InChI is InChI=1S/C15H28N2O2/c1-2-19-15(18)7-6-13-8-14(16)11-17(10-13)9-12-4-3-5-12/h12-14H,2-11,16H2,1H3. The van der Waals surface area contributed by atoms with Gasteiger partial charge in [-0.15, -0.1) is 0 Å². The predicted octanol–water partition coefficient (Wildman–Crippen LogP) is 1.78. The van der Waals surface area contributed by atoms with E-state index in [0.717, 1.165) is 31.8 Å². The summed E-state index contributed by atoms with van der Waals surface area (Å²) >= 11 is 0. The van der Waals surface area contributed by atoms with Crippen LogP contribution in [0.2, 0.25) is 0 Å². The van der Waals surface area contributed by atoms with Crippen molar-refractivity contribution in [3.8, 4) is 0 Å². The summed E-state index contributed by atoms with van der Waals surface area (Å²) in [6.45, 7) is 5.70. The van der Waals surface area contributed by atoms with Gasteiger partial charge in [-0.1, -0.05) is 6.42 Å². The molecule has 1 heterocycles. The molecule has 1 aliphatic carbocycles. The lowest BCUT2D eigenvalue weighted by Crippen LogP contribution is -2.49. The van der Waals surface area contributed by atoms with Crippen molar-refractivity contribution in [2.75, 3.05) is 26.2 Å². The fourth-order valence-corrected chi connectivity index (χ4v) is 3.30. The summed E-state index contributed by atoms with van der Waals surface area (Å²) in [5.74, 6) is 1.40. The van der Waals surface area contributed by atoms with Gasteiger partial charge in [0.25, 0.3) is 0 Å². The lowest BCUT2D eigenvalue weighted by Gasteiger charge is -2.40. The van der Waals surface area contributed by atoms with Crippen molar-refractivity contribution in [3.63, 3.8) is 0 Å². The number of ether oxygens (including phenoxy) is 1. The number of nitrogens with zero attached hydrogens (tertiary/aromatic N) is 1. The van der Waals surface area contributed by atoms with E-state index < -0.39 is 0 Å². The van der Waals surface area contributed by atoms with Crippen molar-refractivity contribution in [2.24, 2.45) is 17.6 Å². The van der Waals surface area contributed by atoms with Crippen LogP contribution in [0, 0.1) is 11.8 Å². The SMILES string of the molecule is CCOC(=O)CCC1CC(N)CN(CC2CCC2)C1. The number of esters is 1. The minimum atomic E-state index is -0.0628. The van der Waals surface area contributed by atoms with Crippen molar-refractivity contribution in [3.05, 3.63) is 0 Å². The number of nitrogens with two attached hydrogens (primary N) is 1. The van der Waals surface area contributed by atoms with Gasteiger partial charge in [0.15, 0.2) is 0 Å². The van der Waals surface area contributed by atoms with Gasteiger partial charge < -0.3 is 15.4 Å². The summed E-state index contributed by atoms with van der Waals surface area (Å²) in [6.07, 6.45) is 6.70. The van der Waals surface area contributed by atoms with E-state index in [1.807, 2.05) is 6.92 Å². The molecule has 1 aliphatic heterocycles. The molecule has 0 aromatic rings. The number of hydrogen-bond donors (Lipinski definition) is 1. The van der Waals surface area contributed by atoms with Gasteiger partial charge in [-0.2, -0.15) is 0 Å². The van der Waals surface area contributed by atoms with Crippen molar-refractivity contribution in [1.29, 1.82) is 0 Å². The van der Waals surface area contributed by atoms with Crippen LogP contribution < -0.4 is 5.73 Å². The topological polar surface area (TPSA) is 55.6 Å². The van der Waals surface area contributed by atoms with Gasteiger partial charge >= 0.3 is 5.97 Å². The number of carbonyl (C=O) groups is 1. The maximum Gasteiger partial charge on any atom is 0.305 e. The first-order valence-corrected chi connectivity index (χ1v) is 7.81. The van der Waals surface area contributed by atoms with Crippen LogP contribution in [0.15, 0.2) is 0 Å². The first-order valence-electron chi connectivity index (χ1n) is 7.81. The van der Waals surface area contributed by atoms with Crippen molar-refractivity contribution in [2.45, 2.75) is 51.5 Å². The largest absolute Gasteiger partial charge is 0.466 e. The second-order valence-corrected chi connectivity index (χ2v) is 6.22. The van der Waals surface area contributed by atoms with Crippen molar-refractivity contribution < 1.29 is 9.53 Å². The van der Waals surface area contributed by atoms with E-state index in [2.05, 4.69) is 4.90 Å². The number of rotatable bonds is 6. The monoisotopic (exact) mass is 268 g/mol. The minimum Gasteiger partial charge on any atom is -0.466 e. The summed E-state index contributed by atoms with van der Waals surface area (Å²) < 4.78 is 4.99. The third-order valence-electron chi connectivity index (χ3n) is 4.45. The van der Waals surface area contributed by atoms with Gasteiger partial charge in [0.2, 0.25) is 0 Å². The molecule has 2 unspecified atom stereocenters. The van der Waals surface area contributed by atoms with E-state index in [1.54, 1.807) is 0 Å². The number of carbonyl (C=O) groups excluding carboxylic acids is 1. The lowest BCUT2D eigenvalue weighted by molar-refractivity contribution is -0.143. The van der Waals surface area contributed by atoms with E-state index in [-0.39, 0.29) is 12.0 Å². The highest BCUT2D eigenvalue weighted by atomic mass is 16.5. The van der Waals surface area contributed by atoms with Gasteiger partial charge in [0.1, 0.15) is 0 Å². The second kappa shape index (κ2) is 7.25. The Morgan fingerprint density at radius 2 is 2.11 bits per heavy atom. The molecule has 0 radical (unpaired) electrons. The molecule has 0 bridgehead atoms. The zero-order valence-corrected chi connectivity index (χ0v) is 12.1. The summed E-state index contributed by atoms with van der Waals surface area (Å²) in [5.41, 5.74) is 6.16. The average molecular weight is 268 g/mol. The minimum absolute atomic E-state index is 0.0628. The zero-order chi connectivity index (χ0) is 13.7. The first kappa shape index (κ1) is 14.8. The van der Waals surface area contributed by atoms with Crippen LogP contribution in [0.1, 0.15) is 45.4 Å². The van der Waals surface area contributed by atoms with E-state index in [9.17, 15) is 4.79 Å². The number of piperidine rings is 1. The van der Waals surface area contributed by atoms with E-state index >= 15 is 0 Å². The van der Waals surface area contributed by atoms with Crippen LogP contribution in [0.4, 0.5) is 0 Å². The maximum absolute atomic E-state index is 11.4. The Bertz CT molecular complexity index is 292. The summed E-state index contributed by atoms with van der Waals surface area (Å²) in [5, 5.41) is 0. The Kier molecular flexibility index (Phi) is 5.64. The van der Waals surface area contributed by atoms with Gasteiger partial charge in [-0.05, 0) is 44.4 Å². The molecule has 4 heteroatoms. The molecule has 0 amide bonds. The van der Waals surface area contributed by atoms with Gasteiger partial charge in [-0.25, -0.2) is 0 Å². The van der Waals surface area contributed by atoms with Crippen LogP contribution >= 0.6 is 0 Å². The zero-order valence-electron chi connectivity index (χ0n) is 12.1. The van der Waals surface area contributed by atoms with Crippen LogP contribution in [0.3, 0.4) is 0 Å². The smallest absolute Gasteiger partial charge is 0.305 e. The molecule has 0 aromatic heterocycles. The van der Waals surface area contributed by atoms with Gasteiger partial charge in [-0.3, -0.25) is 4.79 Å². The molecule has 0 aromatic carbocycles. The quantitative estimate of drug-likeness (QED) is 0.746. The van der Waals surface area contributed by atoms with Gasteiger partial charge in [0.05, 0.1) is 6.61 Å². The van der Waals surface area contributed by atoms with Crippen LogP contribution in [0.5, 0.6) is 0 Å².